The average Bonchev–Trinajstić information content (AvgIpc) is 2.60. The molecule has 0 atom stereocenters. The molecule has 2 rings (SSSR count). The van der Waals surface area contributed by atoms with Crippen LogP contribution in [0.15, 0.2) is 30.3 Å². The van der Waals surface area contributed by atoms with Crippen molar-refractivity contribution in [3.05, 3.63) is 41.5 Å². The van der Waals surface area contributed by atoms with E-state index in [4.69, 9.17) is 9.84 Å². The van der Waals surface area contributed by atoms with Crippen molar-refractivity contribution in [3.63, 3.8) is 0 Å². The van der Waals surface area contributed by atoms with E-state index in [1.807, 2.05) is 0 Å². The van der Waals surface area contributed by atoms with Crippen molar-refractivity contribution in [1.29, 1.82) is 0 Å². The SMILES string of the molecule is Cc1cc(NC(=O)C(=O)O)cc(C)c1Oc1ccc(O)c(NS(=O)(=O)C(C)C)c1. The minimum atomic E-state index is -3.66. The molecule has 156 valence electrons. The van der Waals surface area contributed by atoms with E-state index >= 15 is 0 Å². The first-order chi connectivity index (χ1) is 13.4. The summed E-state index contributed by atoms with van der Waals surface area (Å²) in [4.78, 5) is 22.0. The van der Waals surface area contributed by atoms with Crippen LogP contribution in [0.1, 0.15) is 25.0 Å². The summed E-state index contributed by atoms with van der Waals surface area (Å²) < 4.78 is 32.3. The Labute approximate surface area is 168 Å². The third kappa shape index (κ3) is 5.38. The smallest absolute Gasteiger partial charge is 0.394 e. The van der Waals surface area contributed by atoms with Gasteiger partial charge in [-0.05, 0) is 63.1 Å². The van der Waals surface area contributed by atoms with Gasteiger partial charge >= 0.3 is 11.9 Å². The fraction of sp³-hybridized carbons (Fsp3) is 0.263. The van der Waals surface area contributed by atoms with Crippen molar-refractivity contribution in [2.75, 3.05) is 10.0 Å². The second kappa shape index (κ2) is 8.39. The van der Waals surface area contributed by atoms with E-state index in [-0.39, 0.29) is 17.2 Å². The summed E-state index contributed by atoms with van der Waals surface area (Å²) in [5.41, 5.74) is 1.51. The molecule has 1 amide bonds. The number of carboxylic acid groups (broad SMARTS) is 1. The molecule has 0 bridgehead atoms. The average molecular weight is 422 g/mol. The fourth-order valence-electron chi connectivity index (χ4n) is 2.42. The maximum absolute atomic E-state index is 12.1. The number of benzene rings is 2. The Balaban J connectivity index is 2.31. The minimum absolute atomic E-state index is 0.0168. The molecule has 0 fully saturated rings. The number of sulfonamides is 1. The Morgan fingerprint density at radius 3 is 2.17 bits per heavy atom. The predicted octanol–water partition coefficient (Wildman–Crippen LogP) is 2.97. The van der Waals surface area contributed by atoms with Gasteiger partial charge in [0.05, 0.1) is 10.9 Å². The topological polar surface area (TPSA) is 142 Å². The predicted molar refractivity (Wildman–Crippen MR) is 108 cm³/mol. The molecule has 0 aliphatic carbocycles. The van der Waals surface area contributed by atoms with Crippen LogP contribution in [-0.4, -0.2) is 35.8 Å². The Morgan fingerprint density at radius 1 is 1.07 bits per heavy atom. The van der Waals surface area contributed by atoms with Gasteiger partial charge in [-0.25, -0.2) is 13.2 Å². The first-order valence-electron chi connectivity index (χ1n) is 8.58. The van der Waals surface area contributed by atoms with Gasteiger partial charge in [0.25, 0.3) is 0 Å². The normalized spacial score (nSPS) is 11.2. The number of rotatable bonds is 6. The van der Waals surface area contributed by atoms with Gasteiger partial charge in [-0.15, -0.1) is 0 Å². The van der Waals surface area contributed by atoms with Crippen molar-refractivity contribution in [3.8, 4) is 17.2 Å². The van der Waals surface area contributed by atoms with Crippen LogP contribution >= 0.6 is 0 Å². The summed E-state index contributed by atoms with van der Waals surface area (Å²) in [5, 5.41) is 20.2. The monoisotopic (exact) mass is 422 g/mol. The van der Waals surface area contributed by atoms with Gasteiger partial charge in [0.1, 0.15) is 17.2 Å². The summed E-state index contributed by atoms with van der Waals surface area (Å²) in [6.45, 7) is 6.44. The molecule has 0 aliphatic heterocycles. The van der Waals surface area contributed by atoms with Crippen LogP contribution < -0.4 is 14.8 Å². The Bertz CT molecular complexity index is 1040. The zero-order chi connectivity index (χ0) is 21.9. The molecule has 0 saturated heterocycles. The number of hydrogen-bond acceptors (Lipinski definition) is 6. The van der Waals surface area contributed by atoms with Crippen molar-refractivity contribution in [1.82, 2.24) is 0 Å². The van der Waals surface area contributed by atoms with Crippen molar-refractivity contribution < 1.29 is 33.0 Å². The lowest BCUT2D eigenvalue weighted by molar-refractivity contribution is -0.147. The zero-order valence-electron chi connectivity index (χ0n) is 16.3. The molecule has 0 aromatic heterocycles. The molecular formula is C19H22N2O7S. The first kappa shape index (κ1) is 22.0. The maximum Gasteiger partial charge on any atom is 0.394 e. The van der Waals surface area contributed by atoms with Gasteiger partial charge in [-0.3, -0.25) is 9.52 Å². The quantitative estimate of drug-likeness (QED) is 0.414. The highest BCUT2D eigenvalue weighted by atomic mass is 32.2. The lowest BCUT2D eigenvalue weighted by atomic mass is 10.1. The van der Waals surface area contributed by atoms with E-state index in [0.29, 0.717) is 22.6 Å². The zero-order valence-corrected chi connectivity index (χ0v) is 17.1. The van der Waals surface area contributed by atoms with Crippen LogP contribution in [0.5, 0.6) is 17.2 Å². The third-order valence-electron chi connectivity index (χ3n) is 3.97. The maximum atomic E-state index is 12.1. The van der Waals surface area contributed by atoms with E-state index < -0.39 is 27.1 Å². The molecule has 2 aromatic rings. The summed E-state index contributed by atoms with van der Waals surface area (Å²) >= 11 is 0. The number of aryl methyl sites for hydroxylation is 2. The van der Waals surface area contributed by atoms with E-state index in [1.165, 1.54) is 32.0 Å². The molecule has 2 aromatic carbocycles. The molecule has 0 heterocycles. The number of carbonyl (C=O) groups excluding carboxylic acids is 1. The van der Waals surface area contributed by atoms with E-state index in [1.54, 1.807) is 26.0 Å². The molecule has 0 saturated carbocycles. The standard InChI is InChI=1S/C19H22N2O7S/c1-10(2)29(26,27)21-15-9-14(5-6-16(15)22)28-17-11(3)7-13(8-12(17)4)20-18(23)19(24)25/h5-10,21-22H,1-4H3,(H,20,23)(H,24,25). The summed E-state index contributed by atoms with van der Waals surface area (Å²) in [5.74, 6) is -2.28. The Kier molecular flexibility index (Phi) is 6.38. The largest absolute Gasteiger partial charge is 0.506 e. The van der Waals surface area contributed by atoms with Gasteiger partial charge < -0.3 is 20.3 Å². The van der Waals surface area contributed by atoms with Gasteiger partial charge in [0.15, 0.2) is 0 Å². The van der Waals surface area contributed by atoms with E-state index in [9.17, 15) is 23.1 Å². The van der Waals surface area contributed by atoms with Crippen LogP contribution in [0.25, 0.3) is 0 Å². The molecule has 0 unspecified atom stereocenters. The molecule has 9 nitrogen and oxygen atoms in total. The second-order valence-corrected chi connectivity index (χ2v) is 8.91. The lowest BCUT2D eigenvalue weighted by Gasteiger charge is -2.16. The number of phenols is 1. The van der Waals surface area contributed by atoms with Crippen LogP contribution in [0.3, 0.4) is 0 Å². The molecule has 4 N–H and O–H groups in total. The highest BCUT2D eigenvalue weighted by Gasteiger charge is 2.19. The number of phenolic OH excluding ortho intramolecular Hbond substituents is 1. The number of ether oxygens (including phenoxy) is 1. The van der Waals surface area contributed by atoms with Crippen molar-refractivity contribution >= 4 is 33.3 Å². The molecule has 0 aliphatic rings. The lowest BCUT2D eigenvalue weighted by Crippen LogP contribution is -2.22. The number of amides is 1. The Morgan fingerprint density at radius 2 is 1.66 bits per heavy atom. The number of aromatic hydroxyl groups is 1. The summed E-state index contributed by atoms with van der Waals surface area (Å²) in [6, 6.07) is 7.23. The highest BCUT2D eigenvalue weighted by molar-refractivity contribution is 7.93. The number of aliphatic carboxylic acids is 1. The fourth-order valence-corrected chi connectivity index (χ4v) is 3.12. The van der Waals surface area contributed by atoms with Gasteiger partial charge in [-0.2, -0.15) is 0 Å². The summed E-state index contributed by atoms with van der Waals surface area (Å²) in [6.07, 6.45) is 0. The van der Waals surface area contributed by atoms with Gasteiger partial charge in [0, 0.05) is 11.8 Å². The summed E-state index contributed by atoms with van der Waals surface area (Å²) in [7, 11) is -3.66. The van der Waals surface area contributed by atoms with Gasteiger partial charge in [-0.1, -0.05) is 0 Å². The Hall–Kier alpha value is -3.27. The van der Waals surface area contributed by atoms with Crippen molar-refractivity contribution in [2.45, 2.75) is 32.9 Å². The molecule has 29 heavy (non-hydrogen) atoms. The highest BCUT2D eigenvalue weighted by Crippen LogP contribution is 2.35. The number of hydrogen-bond donors (Lipinski definition) is 4. The molecule has 10 heteroatoms. The van der Waals surface area contributed by atoms with E-state index in [0.717, 1.165) is 0 Å². The number of anilines is 2. The molecule has 0 spiro atoms. The van der Waals surface area contributed by atoms with E-state index in [2.05, 4.69) is 10.0 Å². The number of carbonyl (C=O) groups is 2. The third-order valence-corrected chi connectivity index (χ3v) is 5.72. The number of nitrogens with one attached hydrogen (secondary N) is 2. The van der Waals surface area contributed by atoms with Crippen molar-refractivity contribution in [2.24, 2.45) is 0 Å². The second-order valence-electron chi connectivity index (χ2n) is 6.68. The first-order valence-corrected chi connectivity index (χ1v) is 10.1. The van der Waals surface area contributed by atoms with Crippen LogP contribution in [-0.2, 0) is 19.6 Å². The minimum Gasteiger partial charge on any atom is -0.506 e. The molecule has 0 radical (unpaired) electrons. The van der Waals surface area contributed by atoms with Crippen LogP contribution in [0, 0.1) is 13.8 Å². The van der Waals surface area contributed by atoms with Crippen LogP contribution in [0.4, 0.5) is 11.4 Å². The number of carboxylic acids is 1. The van der Waals surface area contributed by atoms with Crippen LogP contribution in [0.2, 0.25) is 0 Å². The van der Waals surface area contributed by atoms with Gasteiger partial charge in [0.2, 0.25) is 10.0 Å². The molecular weight excluding hydrogens is 400 g/mol.